The number of fused-ring (bicyclic) bond motifs is 1. The Morgan fingerprint density at radius 3 is 2.61 bits per heavy atom. The van der Waals surface area contributed by atoms with Gasteiger partial charge in [-0.2, -0.15) is 0 Å². The van der Waals surface area contributed by atoms with Crippen LogP contribution < -0.4 is 5.32 Å². The molecule has 1 N–H and O–H groups in total. The van der Waals surface area contributed by atoms with Crippen molar-refractivity contribution < 1.29 is 14.5 Å². The summed E-state index contributed by atoms with van der Waals surface area (Å²) in [6.07, 6.45) is 2.72. The minimum atomic E-state index is -0.402. The second-order valence-electron chi connectivity index (χ2n) is 7.57. The number of rotatable bonds is 9. The number of aryl methyl sites for hydroxylation is 1. The Kier molecular flexibility index (Phi) is 6.75. The summed E-state index contributed by atoms with van der Waals surface area (Å²) in [6.45, 7) is 0.925. The van der Waals surface area contributed by atoms with E-state index in [1.807, 2.05) is 59.1 Å². The highest BCUT2D eigenvalue weighted by Gasteiger charge is 2.16. The van der Waals surface area contributed by atoms with Crippen LogP contribution in [0.2, 0.25) is 0 Å². The van der Waals surface area contributed by atoms with E-state index in [4.69, 9.17) is 9.72 Å². The second-order valence-corrected chi connectivity index (χ2v) is 7.57. The van der Waals surface area contributed by atoms with Crippen LogP contribution in [0.25, 0.3) is 28.0 Å². The monoisotopic (exact) mass is 444 g/mol. The van der Waals surface area contributed by atoms with Crippen LogP contribution in [-0.2, 0) is 16.0 Å². The molecule has 8 nitrogen and oxygen atoms in total. The zero-order chi connectivity index (χ0) is 23.2. The van der Waals surface area contributed by atoms with E-state index in [1.165, 1.54) is 6.07 Å². The number of non-ortho nitro benzene ring substituents is 1. The summed E-state index contributed by atoms with van der Waals surface area (Å²) in [6, 6.07) is 20.2. The zero-order valence-electron chi connectivity index (χ0n) is 18.2. The van der Waals surface area contributed by atoms with Crippen LogP contribution in [0.3, 0.4) is 0 Å². The number of nitrogens with one attached hydrogen (secondary N) is 1. The lowest BCUT2D eigenvalue weighted by atomic mass is 10.1. The number of nitro groups is 1. The average Bonchev–Trinajstić information content (AvgIpc) is 3.21. The van der Waals surface area contributed by atoms with E-state index in [2.05, 4.69) is 5.32 Å². The first kappa shape index (κ1) is 22.2. The molecule has 0 unspecified atom stereocenters. The van der Waals surface area contributed by atoms with Crippen molar-refractivity contribution in [1.29, 1.82) is 0 Å². The minimum absolute atomic E-state index is 0.0381. The number of nitrogens with zero attached hydrogens (tertiary/aromatic N) is 3. The molecule has 4 rings (SSSR count). The second kappa shape index (κ2) is 10.1. The van der Waals surface area contributed by atoms with Crippen LogP contribution in [0, 0.1) is 10.1 Å². The summed E-state index contributed by atoms with van der Waals surface area (Å²) in [5.74, 6) is -0.0594. The number of hydrogen-bond donors (Lipinski definition) is 1. The van der Waals surface area contributed by atoms with E-state index in [0.29, 0.717) is 26.0 Å². The summed E-state index contributed by atoms with van der Waals surface area (Å²) in [5.41, 5.74) is 5.04. The van der Waals surface area contributed by atoms with Crippen LogP contribution in [0.4, 0.5) is 5.69 Å². The van der Waals surface area contributed by atoms with Crippen molar-refractivity contribution in [2.45, 2.75) is 12.8 Å². The molecular weight excluding hydrogens is 420 g/mol. The number of methoxy groups -OCH3 is 1. The molecule has 168 valence electrons. The summed E-state index contributed by atoms with van der Waals surface area (Å²) in [4.78, 5) is 27.9. The Morgan fingerprint density at radius 1 is 1.06 bits per heavy atom. The number of hydrogen-bond acceptors (Lipinski definition) is 5. The van der Waals surface area contributed by atoms with E-state index >= 15 is 0 Å². The van der Waals surface area contributed by atoms with Gasteiger partial charge in [-0.3, -0.25) is 14.9 Å². The van der Waals surface area contributed by atoms with Gasteiger partial charge in [0.25, 0.3) is 5.69 Å². The molecule has 0 bridgehead atoms. The number of amides is 1. The highest BCUT2D eigenvalue weighted by molar-refractivity contribution is 5.77. The molecule has 2 aromatic heterocycles. The largest absolute Gasteiger partial charge is 0.383 e. The van der Waals surface area contributed by atoms with Crippen LogP contribution in [0.5, 0.6) is 0 Å². The molecule has 2 aromatic carbocycles. The van der Waals surface area contributed by atoms with Crippen LogP contribution in [0.15, 0.2) is 72.9 Å². The number of pyridine rings is 1. The SMILES string of the molecule is COCCNC(=O)CCc1c(-c2ccccc2)nc2ccc(-c3cccc([N+](=O)[O-])c3)cn12. The molecule has 8 heteroatoms. The molecule has 0 radical (unpaired) electrons. The predicted octanol–water partition coefficient (Wildman–Crippen LogP) is 4.27. The van der Waals surface area contributed by atoms with E-state index in [-0.39, 0.29) is 11.6 Å². The summed E-state index contributed by atoms with van der Waals surface area (Å²) in [5, 5.41) is 14.0. The lowest BCUT2D eigenvalue weighted by Crippen LogP contribution is -2.27. The van der Waals surface area contributed by atoms with Crippen molar-refractivity contribution in [1.82, 2.24) is 14.7 Å². The molecule has 0 aliphatic heterocycles. The van der Waals surface area contributed by atoms with Gasteiger partial charge in [-0.1, -0.05) is 42.5 Å². The fourth-order valence-corrected chi connectivity index (χ4v) is 3.74. The molecule has 0 fully saturated rings. The zero-order valence-corrected chi connectivity index (χ0v) is 18.2. The third-order valence-electron chi connectivity index (χ3n) is 5.37. The minimum Gasteiger partial charge on any atom is -0.383 e. The van der Waals surface area contributed by atoms with Crippen molar-refractivity contribution in [2.75, 3.05) is 20.3 Å². The van der Waals surface area contributed by atoms with Gasteiger partial charge in [0, 0.05) is 44.0 Å². The molecule has 0 spiro atoms. The van der Waals surface area contributed by atoms with Gasteiger partial charge in [-0.25, -0.2) is 4.98 Å². The van der Waals surface area contributed by atoms with Crippen molar-refractivity contribution in [2.24, 2.45) is 0 Å². The Bertz CT molecular complexity index is 1280. The van der Waals surface area contributed by atoms with Gasteiger partial charge in [0.2, 0.25) is 5.91 Å². The standard InChI is InChI=1S/C25H24N4O4/c1-33-15-14-26-24(30)13-11-22-25(18-6-3-2-4-7-18)27-23-12-10-20(17-28(22)23)19-8-5-9-21(16-19)29(31)32/h2-10,12,16-17H,11,13-15H2,1H3,(H,26,30). The maximum absolute atomic E-state index is 12.3. The lowest BCUT2D eigenvalue weighted by molar-refractivity contribution is -0.384. The quantitative estimate of drug-likeness (QED) is 0.236. The highest BCUT2D eigenvalue weighted by Crippen LogP contribution is 2.29. The molecule has 0 aliphatic rings. The molecule has 1 amide bonds. The van der Waals surface area contributed by atoms with Crippen LogP contribution in [0.1, 0.15) is 12.1 Å². The highest BCUT2D eigenvalue weighted by atomic mass is 16.6. The van der Waals surface area contributed by atoms with E-state index in [1.54, 1.807) is 19.2 Å². The Balaban J connectivity index is 1.73. The van der Waals surface area contributed by atoms with Crippen LogP contribution in [-0.4, -0.2) is 40.5 Å². The number of carbonyl (C=O) groups excluding carboxylic acids is 1. The third-order valence-corrected chi connectivity index (χ3v) is 5.37. The number of nitro benzene ring substituents is 1. The molecule has 0 saturated carbocycles. The van der Waals surface area contributed by atoms with E-state index in [0.717, 1.165) is 33.7 Å². The fourth-order valence-electron chi connectivity index (χ4n) is 3.74. The number of imidazole rings is 1. The van der Waals surface area contributed by atoms with Gasteiger partial charge < -0.3 is 14.5 Å². The Hall–Kier alpha value is -4.04. The van der Waals surface area contributed by atoms with Gasteiger partial charge in [0.15, 0.2) is 0 Å². The normalized spacial score (nSPS) is 10.9. The van der Waals surface area contributed by atoms with E-state index in [9.17, 15) is 14.9 Å². The number of carbonyl (C=O) groups is 1. The van der Waals surface area contributed by atoms with Crippen molar-refractivity contribution in [3.05, 3.63) is 88.7 Å². The first-order valence-corrected chi connectivity index (χ1v) is 10.6. The van der Waals surface area contributed by atoms with Crippen LogP contribution >= 0.6 is 0 Å². The molecule has 4 aromatic rings. The average molecular weight is 444 g/mol. The molecular formula is C25H24N4O4. The number of benzene rings is 2. The molecule has 33 heavy (non-hydrogen) atoms. The first-order valence-electron chi connectivity index (χ1n) is 10.6. The van der Waals surface area contributed by atoms with Gasteiger partial charge in [0.1, 0.15) is 5.65 Å². The van der Waals surface area contributed by atoms with Crippen molar-refractivity contribution >= 4 is 17.2 Å². The summed E-state index contributed by atoms with van der Waals surface area (Å²) >= 11 is 0. The molecule has 0 atom stereocenters. The predicted molar refractivity (Wildman–Crippen MR) is 126 cm³/mol. The maximum Gasteiger partial charge on any atom is 0.270 e. The van der Waals surface area contributed by atoms with Gasteiger partial charge in [-0.15, -0.1) is 0 Å². The van der Waals surface area contributed by atoms with Crippen molar-refractivity contribution in [3.63, 3.8) is 0 Å². The lowest BCUT2D eigenvalue weighted by Gasteiger charge is -2.08. The first-order chi connectivity index (χ1) is 16.1. The third kappa shape index (κ3) is 5.07. The van der Waals surface area contributed by atoms with Gasteiger partial charge in [-0.05, 0) is 29.7 Å². The van der Waals surface area contributed by atoms with Gasteiger partial charge >= 0.3 is 0 Å². The number of aromatic nitrogens is 2. The molecule has 0 aliphatic carbocycles. The Morgan fingerprint density at radius 2 is 1.85 bits per heavy atom. The maximum atomic E-state index is 12.3. The Labute approximate surface area is 191 Å². The van der Waals surface area contributed by atoms with Crippen molar-refractivity contribution in [3.8, 4) is 22.4 Å². The fraction of sp³-hybridized carbons (Fsp3) is 0.200. The number of ether oxygens (including phenoxy) is 1. The molecule has 0 saturated heterocycles. The van der Waals surface area contributed by atoms with E-state index < -0.39 is 4.92 Å². The molecule has 2 heterocycles. The summed E-state index contributed by atoms with van der Waals surface area (Å²) < 4.78 is 6.96. The van der Waals surface area contributed by atoms with Gasteiger partial charge in [0.05, 0.1) is 22.9 Å². The topological polar surface area (TPSA) is 98.8 Å². The summed E-state index contributed by atoms with van der Waals surface area (Å²) in [7, 11) is 1.59. The smallest absolute Gasteiger partial charge is 0.270 e.